The van der Waals surface area contributed by atoms with Gasteiger partial charge < -0.3 is 14.3 Å². The minimum absolute atomic E-state index is 0.0751. The summed E-state index contributed by atoms with van der Waals surface area (Å²) in [6, 6.07) is 14.5. The lowest BCUT2D eigenvalue weighted by Crippen LogP contribution is -2.24. The molecule has 0 radical (unpaired) electrons. The second kappa shape index (κ2) is 8.53. The molecule has 4 rings (SSSR count). The third-order valence-corrected chi connectivity index (χ3v) is 5.35. The molecule has 2 heterocycles. The summed E-state index contributed by atoms with van der Waals surface area (Å²) in [5.74, 6) is 1.13. The first-order valence-corrected chi connectivity index (χ1v) is 10.00. The molecule has 0 fully saturated rings. The Morgan fingerprint density at radius 2 is 1.93 bits per heavy atom. The summed E-state index contributed by atoms with van der Waals surface area (Å²) < 4.78 is 21.5. The van der Waals surface area contributed by atoms with Gasteiger partial charge in [-0.15, -0.1) is 0 Å². The molecule has 0 aliphatic carbocycles. The Morgan fingerprint density at radius 1 is 1.13 bits per heavy atom. The van der Waals surface area contributed by atoms with Gasteiger partial charge in [0.1, 0.15) is 17.4 Å². The van der Waals surface area contributed by atoms with E-state index in [9.17, 15) is 9.18 Å². The molecular weight excluding hydrogens is 381 g/mol. The van der Waals surface area contributed by atoms with Gasteiger partial charge >= 0.3 is 0 Å². The molecule has 1 N–H and O–H groups in total. The molecule has 0 bridgehead atoms. The molecule has 4 aromatic rings. The van der Waals surface area contributed by atoms with Gasteiger partial charge in [-0.25, -0.2) is 9.37 Å². The molecule has 0 saturated carbocycles. The number of nitrogens with one attached hydrogen (secondary N) is 1. The monoisotopic (exact) mass is 405 g/mol. The van der Waals surface area contributed by atoms with Gasteiger partial charge in [-0.05, 0) is 60.9 Å². The fourth-order valence-electron chi connectivity index (χ4n) is 3.53. The van der Waals surface area contributed by atoms with Crippen LogP contribution in [0.2, 0.25) is 0 Å². The highest BCUT2D eigenvalue weighted by Crippen LogP contribution is 2.23. The molecule has 0 atom stereocenters. The van der Waals surface area contributed by atoms with E-state index in [4.69, 9.17) is 9.40 Å². The van der Waals surface area contributed by atoms with Crippen molar-refractivity contribution in [1.82, 2.24) is 14.9 Å². The lowest BCUT2D eigenvalue weighted by atomic mass is 10.1. The first-order chi connectivity index (χ1) is 14.5. The van der Waals surface area contributed by atoms with Crippen LogP contribution in [0.15, 0.2) is 59.2 Å². The summed E-state index contributed by atoms with van der Waals surface area (Å²) in [4.78, 5) is 17.1. The van der Waals surface area contributed by atoms with Gasteiger partial charge in [-0.2, -0.15) is 0 Å². The van der Waals surface area contributed by atoms with Gasteiger partial charge in [0.2, 0.25) is 5.91 Å². The average molecular weight is 405 g/mol. The highest BCUT2D eigenvalue weighted by atomic mass is 19.1. The van der Waals surface area contributed by atoms with Gasteiger partial charge in [0.15, 0.2) is 0 Å². The topological polar surface area (TPSA) is 60.1 Å². The van der Waals surface area contributed by atoms with Crippen LogP contribution in [0, 0.1) is 19.7 Å². The minimum Gasteiger partial charge on any atom is -0.467 e. The molecule has 2 aromatic carbocycles. The van der Waals surface area contributed by atoms with E-state index in [1.54, 1.807) is 24.5 Å². The fourth-order valence-corrected chi connectivity index (χ4v) is 3.53. The van der Waals surface area contributed by atoms with Crippen molar-refractivity contribution in [3.05, 3.63) is 88.9 Å². The first kappa shape index (κ1) is 19.9. The molecule has 154 valence electrons. The molecule has 5 nitrogen and oxygen atoms in total. The Labute approximate surface area is 174 Å². The van der Waals surface area contributed by atoms with Crippen LogP contribution in [0.4, 0.5) is 4.39 Å². The smallest absolute Gasteiger partial charge is 0.222 e. The van der Waals surface area contributed by atoms with E-state index in [2.05, 4.69) is 18.3 Å². The number of aromatic nitrogens is 2. The summed E-state index contributed by atoms with van der Waals surface area (Å²) in [6.07, 6.45) is 2.25. The molecule has 0 unspecified atom stereocenters. The number of hydrogen-bond donors (Lipinski definition) is 1. The maximum atomic E-state index is 14.2. The maximum absolute atomic E-state index is 14.2. The van der Waals surface area contributed by atoms with Crippen LogP contribution in [0.1, 0.15) is 34.7 Å². The van der Waals surface area contributed by atoms with Crippen molar-refractivity contribution in [1.29, 1.82) is 0 Å². The van der Waals surface area contributed by atoms with Crippen LogP contribution in [0.3, 0.4) is 0 Å². The number of furan rings is 1. The van der Waals surface area contributed by atoms with Gasteiger partial charge in [0.25, 0.3) is 0 Å². The number of carbonyl (C=O) groups excluding carboxylic acids is 1. The molecule has 0 spiro atoms. The number of fused-ring (bicyclic) bond motifs is 1. The Morgan fingerprint density at radius 3 is 2.70 bits per heavy atom. The quantitative estimate of drug-likeness (QED) is 0.486. The van der Waals surface area contributed by atoms with Crippen LogP contribution in [0.5, 0.6) is 0 Å². The number of benzene rings is 2. The zero-order valence-electron chi connectivity index (χ0n) is 17.1. The molecular formula is C24H24FN3O2. The van der Waals surface area contributed by atoms with Crippen molar-refractivity contribution in [2.24, 2.45) is 0 Å². The minimum atomic E-state index is -0.250. The number of hydrogen-bond acceptors (Lipinski definition) is 3. The number of amides is 1. The van der Waals surface area contributed by atoms with E-state index >= 15 is 0 Å². The molecule has 1 amide bonds. The van der Waals surface area contributed by atoms with Crippen LogP contribution < -0.4 is 5.32 Å². The summed E-state index contributed by atoms with van der Waals surface area (Å²) in [5.41, 5.74) is 4.72. The molecule has 30 heavy (non-hydrogen) atoms. The van der Waals surface area contributed by atoms with E-state index in [0.29, 0.717) is 37.3 Å². The number of nitrogens with zero attached hydrogens (tertiary/aromatic N) is 2. The third-order valence-electron chi connectivity index (χ3n) is 5.35. The predicted molar refractivity (Wildman–Crippen MR) is 114 cm³/mol. The van der Waals surface area contributed by atoms with Crippen molar-refractivity contribution >= 4 is 16.9 Å². The molecule has 0 aliphatic heterocycles. The van der Waals surface area contributed by atoms with E-state index in [1.165, 1.54) is 6.07 Å². The van der Waals surface area contributed by atoms with E-state index in [1.807, 2.05) is 29.7 Å². The molecule has 2 aromatic heterocycles. The van der Waals surface area contributed by atoms with Crippen LogP contribution >= 0.6 is 0 Å². The summed E-state index contributed by atoms with van der Waals surface area (Å²) in [7, 11) is 0. The molecule has 0 saturated heterocycles. The van der Waals surface area contributed by atoms with Crippen LogP contribution in [-0.4, -0.2) is 15.5 Å². The van der Waals surface area contributed by atoms with Gasteiger partial charge in [-0.1, -0.05) is 18.2 Å². The number of halogens is 1. The predicted octanol–water partition coefficient (Wildman–Crippen LogP) is 4.68. The second-order valence-corrected chi connectivity index (χ2v) is 7.48. The van der Waals surface area contributed by atoms with E-state index < -0.39 is 0 Å². The Bertz CT molecular complexity index is 1180. The Hall–Kier alpha value is -3.41. The highest BCUT2D eigenvalue weighted by molar-refractivity contribution is 5.79. The van der Waals surface area contributed by atoms with Gasteiger partial charge in [0.05, 0.1) is 23.8 Å². The Kier molecular flexibility index (Phi) is 5.65. The van der Waals surface area contributed by atoms with E-state index in [0.717, 1.165) is 28.0 Å². The largest absolute Gasteiger partial charge is 0.467 e. The SMILES string of the molecule is Cc1cc2nc(Cc3ccccc3F)n(CCC(=O)NCc3ccco3)c2cc1C. The van der Waals surface area contributed by atoms with Crippen molar-refractivity contribution in [3.8, 4) is 0 Å². The normalized spacial score (nSPS) is 11.2. The van der Waals surface area contributed by atoms with Gasteiger partial charge in [0, 0.05) is 19.4 Å². The van der Waals surface area contributed by atoms with Crippen molar-refractivity contribution < 1.29 is 13.6 Å². The van der Waals surface area contributed by atoms with Crippen LogP contribution in [-0.2, 0) is 24.3 Å². The van der Waals surface area contributed by atoms with Crippen molar-refractivity contribution in [3.63, 3.8) is 0 Å². The van der Waals surface area contributed by atoms with Crippen molar-refractivity contribution in [2.45, 2.75) is 39.8 Å². The van der Waals surface area contributed by atoms with Crippen molar-refractivity contribution in [2.75, 3.05) is 0 Å². The Balaban J connectivity index is 1.58. The molecule has 0 aliphatic rings. The number of carbonyl (C=O) groups is 1. The fraction of sp³-hybridized carbons (Fsp3) is 0.250. The average Bonchev–Trinajstić information content (AvgIpc) is 3.35. The number of rotatable bonds is 7. The number of aryl methyl sites for hydroxylation is 3. The lowest BCUT2D eigenvalue weighted by molar-refractivity contribution is -0.121. The highest BCUT2D eigenvalue weighted by Gasteiger charge is 2.15. The molecule has 6 heteroatoms. The summed E-state index contributed by atoms with van der Waals surface area (Å²) in [5, 5.41) is 2.87. The maximum Gasteiger partial charge on any atom is 0.222 e. The number of imidazole rings is 1. The standard InChI is InChI=1S/C24H24FN3O2/c1-16-12-21-22(13-17(16)2)28(10-9-24(29)26-15-19-7-5-11-30-19)23(27-21)14-18-6-3-4-8-20(18)25/h3-8,11-13H,9-10,14-15H2,1-2H3,(H,26,29). The first-order valence-electron chi connectivity index (χ1n) is 10.00. The zero-order valence-corrected chi connectivity index (χ0v) is 17.1. The zero-order chi connectivity index (χ0) is 21.1. The van der Waals surface area contributed by atoms with Gasteiger partial charge in [-0.3, -0.25) is 4.79 Å². The second-order valence-electron chi connectivity index (χ2n) is 7.48. The third kappa shape index (κ3) is 4.27. The van der Waals surface area contributed by atoms with Crippen LogP contribution in [0.25, 0.3) is 11.0 Å². The van der Waals surface area contributed by atoms with E-state index in [-0.39, 0.29) is 11.7 Å². The summed E-state index contributed by atoms with van der Waals surface area (Å²) >= 11 is 0. The summed E-state index contributed by atoms with van der Waals surface area (Å²) in [6.45, 7) is 4.93. The lowest BCUT2D eigenvalue weighted by Gasteiger charge is -2.11.